The number of rotatable bonds is 5. The maximum Gasteiger partial charge on any atom is 0.274 e. The van der Waals surface area contributed by atoms with Crippen molar-refractivity contribution in [1.82, 2.24) is 25.1 Å². The first-order valence-electron chi connectivity index (χ1n) is 11.0. The Labute approximate surface area is 200 Å². The molecule has 2 N–H and O–H groups in total. The Morgan fingerprint density at radius 3 is 2.85 bits per heavy atom. The zero-order valence-electron chi connectivity index (χ0n) is 18.2. The second-order valence-electron chi connectivity index (χ2n) is 8.35. The number of aliphatic hydroxyl groups is 1. The van der Waals surface area contributed by atoms with Gasteiger partial charge in [0, 0.05) is 48.1 Å². The highest BCUT2D eigenvalue weighted by molar-refractivity contribution is 7.18. The van der Waals surface area contributed by atoms with E-state index in [2.05, 4.69) is 15.2 Å². The van der Waals surface area contributed by atoms with Crippen LogP contribution in [0.3, 0.4) is 0 Å². The average Bonchev–Trinajstić information content (AvgIpc) is 3.47. The molecule has 4 aromatic rings. The summed E-state index contributed by atoms with van der Waals surface area (Å²) < 4.78 is 0. The fraction of sp³-hybridized carbons (Fsp3) is 0.333. The van der Waals surface area contributed by atoms with Crippen LogP contribution in [0.5, 0.6) is 0 Å². The molecule has 1 amide bonds. The summed E-state index contributed by atoms with van der Waals surface area (Å²) in [5.74, 6) is 0.399. The summed E-state index contributed by atoms with van der Waals surface area (Å²) >= 11 is 7.73. The Balaban J connectivity index is 1.55. The number of halogens is 1. The van der Waals surface area contributed by atoms with Gasteiger partial charge in [0.1, 0.15) is 16.4 Å². The molecule has 0 radical (unpaired) electrons. The average molecular weight is 482 g/mol. The predicted molar refractivity (Wildman–Crippen MR) is 131 cm³/mol. The maximum atomic E-state index is 13.6. The van der Waals surface area contributed by atoms with E-state index in [9.17, 15) is 9.90 Å². The van der Waals surface area contributed by atoms with Crippen LogP contribution < -0.4 is 0 Å². The highest BCUT2D eigenvalue weighted by atomic mass is 35.5. The van der Waals surface area contributed by atoms with Crippen LogP contribution in [0, 0.1) is 12.8 Å². The summed E-state index contributed by atoms with van der Waals surface area (Å²) in [5.41, 5.74) is 3.79. The Morgan fingerprint density at radius 2 is 2.12 bits per heavy atom. The van der Waals surface area contributed by atoms with E-state index in [0.717, 1.165) is 51.9 Å². The Kier molecular flexibility index (Phi) is 6.14. The van der Waals surface area contributed by atoms with Crippen molar-refractivity contribution in [3.63, 3.8) is 0 Å². The molecule has 0 atom stereocenters. The van der Waals surface area contributed by atoms with Gasteiger partial charge < -0.3 is 10.0 Å². The van der Waals surface area contributed by atoms with Crippen LogP contribution in [-0.2, 0) is 0 Å². The van der Waals surface area contributed by atoms with E-state index < -0.39 is 0 Å². The van der Waals surface area contributed by atoms with Crippen molar-refractivity contribution < 1.29 is 9.90 Å². The zero-order valence-corrected chi connectivity index (χ0v) is 19.8. The van der Waals surface area contributed by atoms with Crippen LogP contribution in [0.1, 0.15) is 35.3 Å². The maximum absolute atomic E-state index is 13.6. The number of piperidine rings is 1. The first kappa shape index (κ1) is 22.0. The van der Waals surface area contributed by atoms with E-state index in [4.69, 9.17) is 16.6 Å². The highest BCUT2D eigenvalue weighted by Gasteiger charge is 2.29. The number of hydrogen-bond donors (Lipinski definition) is 2. The van der Waals surface area contributed by atoms with E-state index in [1.54, 1.807) is 12.4 Å². The number of nitrogens with zero attached hydrogens (tertiary/aromatic N) is 4. The molecule has 1 aromatic carbocycles. The first-order chi connectivity index (χ1) is 16.1. The molecule has 1 fully saturated rings. The number of thiazole rings is 1. The smallest absolute Gasteiger partial charge is 0.274 e. The largest absolute Gasteiger partial charge is 0.396 e. The van der Waals surface area contributed by atoms with Gasteiger partial charge in [0.25, 0.3) is 5.91 Å². The quantitative estimate of drug-likeness (QED) is 0.420. The Bertz CT molecular complexity index is 1300. The molecule has 3 aromatic heterocycles. The first-order valence-corrected chi connectivity index (χ1v) is 12.2. The molecule has 0 bridgehead atoms. The molecular formula is C24H24ClN5O2S. The van der Waals surface area contributed by atoms with Crippen molar-refractivity contribution in [2.45, 2.75) is 26.2 Å². The number of hydrogen-bond acceptors (Lipinski definition) is 6. The van der Waals surface area contributed by atoms with Gasteiger partial charge in [-0.25, -0.2) is 4.98 Å². The van der Waals surface area contributed by atoms with Crippen molar-refractivity contribution in [1.29, 1.82) is 0 Å². The predicted octanol–water partition coefficient (Wildman–Crippen LogP) is 4.94. The molecule has 5 rings (SSSR count). The van der Waals surface area contributed by atoms with E-state index in [-0.39, 0.29) is 12.5 Å². The fourth-order valence-electron chi connectivity index (χ4n) is 4.38. The van der Waals surface area contributed by atoms with Crippen molar-refractivity contribution >= 4 is 39.7 Å². The molecule has 170 valence electrons. The van der Waals surface area contributed by atoms with E-state index in [1.165, 1.54) is 11.3 Å². The molecule has 9 heteroatoms. The number of likely N-dealkylation sites (tertiary alicyclic amines) is 1. The van der Waals surface area contributed by atoms with Crippen LogP contribution in [0.4, 0.5) is 0 Å². The number of aryl methyl sites for hydroxylation is 1. The van der Waals surface area contributed by atoms with E-state index in [0.29, 0.717) is 34.7 Å². The zero-order chi connectivity index (χ0) is 22.9. The molecule has 0 aliphatic carbocycles. The SMILES string of the molecule is Cc1c(Cl)ccc2c(-c3nc(C(=O)N4CCC(CCO)CC4)c(-c4cccnc4)s3)[nH]nc12. The van der Waals surface area contributed by atoms with Crippen LogP contribution >= 0.6 is 22.9 Å². The molecule has 0 saturated carbocycles. The van der Waals surface area contributed by atoms with Crippen molar-refractivity contribution in [3.05, 3.63) is 52.9 Å². The molecule has 1 saturated heterocycles. The number of carbonyl (C=O) groups excluding carboxylic acids is 1. The molecule has 0 spiro atoms. The number of pyridine rings is 1. The lowest BCUT2D eigenvalue weighted by molar-refractivity contribution is 0.0674. The molecule has 0 unspecified atom stereocenters. The number of nitrogens with one attached hydrogen (secondary N) is 1. The number of amides is 1. The Morgan fingerprint density at radius 1 is 1.30 bits per heavy atom. The van der Waals surface area contributed by atoms with Gasteiger partial charge in [-0.15, -0.1) is 11.3 Å². The van der Waals surface area contributed by atoms with Gasteiger partial charge in [-0.3, -0.25) is 14.9 Å². The number of carbonyl (C=O) groups is 1. The standard InChI is InChI=1S/C24H24ClN5O2S/c1-14-18(25)5-4-17-19(14)28-29-20(17)23-27-21(22(33-23)16-3-2-9-26-13-16)24(32)30-10-6-15(7-11-30)8-12-31/h2-5,9,13,15,31H,6-8,10-12H2,1H3,(H,28,29). The molecule has 1 aliphatic heterocycles. The molecule has 33 heavy (non-hydrogen) atoms. The lowest BCUT2D eigenvalue weighted by atomic mass is 9.94. The second kappa shape index (κ2) is 9.21. The number of fused-ring (bicyclic) bond motifs is 1. The van der Waals surface area contributed by atoms with Gasteiger partial charge in [-0.2, -0.15) is 5.10 Å². The number of benzene rings is 1. The minimum absolute atomic E-state index is 0.0677. The van der Waals surface area contributed by atoms with Gasteiger partial charge in [0.2, 0.25) is 0 Å². The summed E-state index contributed by atoms with van der Waals surface area (Å²) in [6, 6.07) is 7.60. The molecular weight excluding hydrogens is 458 g/mol. The highest BCUT2D eigenvalue weighted by Crippen LogP contribution is 2.39. The van der Waals surface area contributed by atoms with Gasteiger partial charge in [-0.1, -0.05) is 17.7 Å². The number of aromatic amines is 1. The third kappa shape index (κ3) is 4.14. The Hall–Kier alpha value is -2.81. The van der Waals surface area contributed by atoms with Gasteiger partial charge in [0.05, 0.1) is 10.4 Å². The van der Waals surface area contributed by atoms with Gasteiger partial charge in [-0.05, 0) is 55.9 Å². The fourth-order valence-corrected chi connectivity index (χ4v) is 5.59. The summed E-state index contributed by atoms with van der Waals surface area (Å²) in [5, 5.41) is 19.1. The van der Waals surface area contributed by atoms with Crippen molar-refractivity contribution in [2.75, 3.05) is 19.7 Å². The van der Waals surface area contributed by atoms with Crippen LogP contribution in [0.2, 0.25) is 5.02 Å². The summed E-state index contributed by atoms with van der Waals surface area (Å²) in [7, 11) is 0. The minimum atomic E-state index is -0.0677. The van der Waals surface area contributed by atoms with E-state index in [1.807, 2.05) is 36.1 Å². The van der Waals surface area contributed by atoms with Crippen LogP contribution in [0.25, 0.3) is 32.0 Å². The lowest BCUT2D eigenvalue weighted by Crippen LogP contribution is -2.39. The third-order valence-corrected chi connectivity index (χ3v) is 7.85. The molecule has 7 nitrogen and oxygen atoms in total. The summed E-state index contributed by atoms with van der Waals surface area (Å²) in [6.07, 6.45) is 6.07. The second-order valence-corrected chi connectivity index (χ2v) is 9.76. The minimum Gasteiger partial charge on any atom is -0.396 e. The monoisotopic (exact) mass is 481 g/mol. The topological polar surface area (TPSA) is 95.0 Å². The van der Waals surface area contributed by atoms with Crippen molar-refractivity contribution in [2.24, 2.45) is 5.92 Å². The summed E-state index contributed by atoms with van der Waals surface area (Å²) in [4.78, 5) is 25.3. The van der Waals surface area contributed by atoms with Crippen LogP contribution in [-0.4, -0.2) is 55.8 Å². The van der Waals surface area contributed by atoms with Gasteiger partial charge in [0.15, 0.2) is 0 Å². The summed E-state index contributed by atoms with van der Waals surface area (Å²) in [6.45, 7) is 3.48. The molecule has 4 heterocycles. The normalized spacial score (nSPS) is 14.8. The number of H-pyrrole nitrogens is 1. The number of aliphatic hydroxyl groups excluding tert-OH is 1. The lowest BCUT2D eigenvalue weighted by Gasteiger charge is -2.31. The van der Waals surface area contributed by atoms with Crippen LogP contribution in [0.15, 0.2) is 36.7 Å². The van der Waals surface area contributed by atoms with E-state index >= 15 is 0 Å². The third-order valence-electron chi connectivity index (χ3n) is 6.32. The molecule has 1 aliphatic rings. The van der Waals surface area contributed by atoms with Gasteiger partial charge >= 0.3 is 0 Å². The van der Waals surface area contributed by atoms with Crippen molar-refractivity contribution in [3.8, 4) is 21.1 Å². The number of aromatic nitrogens is 4.